The van der Waals surface area contributed by atoms with Gasteiger partial charge in [-0.05, 0) is 12.8 Å². The maximum atomic E-state index is 12.7. The van der Waals surface area contributed by atoms with Crippen LogP contribution in [0.25, 0.3) is 0 Å². The van der Waals surface area contributed by atoms with Crippen LogP contribution in [0.5, 0.6) is 0 Å². The number of ether oxygens (including phenoxy) is 1. The molecule has 0 aromatic carbocycles. The Hall–Kier alpha value is -1.21. The molecule has 0 radical (unpaired) electrons. The zero-order valence-corrected chi connectivity index (χ0v) is 12.2. The van der Waals surface area contributed by atoms with Crippen molar-refractivity contribution in [1.82, 2.24) is 4.90 Å². The highest BCUT2D eigenvalue weighted by atomic mass is 32.1. The van der Waals surface area contributed by atoms with Gasteiger partial charge in [-0.3, -0.25) is 9.59 Å². The molecule has 1 heterocycles. The Kier molecular flexibility index (Phi) is 5.25. The molecule has 1 aliphatic rings. The minimum Gasteiger partial charge on any atom is -0.392 e. The zero-order chi connectivity index (χ0) is 14.6. The second-order valence-corrected chi connectivity index (χ2v) is 5.08. The molecule has 1 atom stereocenters. The highest BCUT2D eigenvalue weighted by Crippen LogP contribution is 2.31. The smallest absolute Gasteiger partial charge is 0.242 e. The number of carbonyl (C=O) groups excluding carboxylic acids is 2. The third-order valence-electron chi connectivity index (χ3n) is 3.81. The van der Waals surface area contributed by atoms with Gasteiger partial charge in [-0.25, -0.2) is 0 Å². The van der Waals surface area contributed by atoms with Crippen LogP contribution in [0, 0.1) is 5.41 Å². The highest BCUT2D eigenvalue weighted by Gasteiger charge is 2.44. The van der Waals surface area contributed by atoms with Gasteiger partial charge in [-0.2, -0.15) is 0 Å². The third kappa shape index (κ3) is 2.87. The number of hydrogen-bond acceptors (Lipinski definition) is 4. The van der Waals surface area contributed by atoms with Gasteiger partial charge in [-0.1, -0.05) is 26.1 Å². The monoisotopic (exact) mass is 287 g/mol. The molecule has 2 amide bonds. The van der Waals surface area contributed by atoms with Crippen molar-refractivity contribution < 1.29 is 14.3 Å². The molecule has 1 fully saturated rings. The maximum absolute atomic E-state index is 12.7. The lowest BCUT2D eigenvalue weighted by molar-refractivity contribution is -0.152. The first-order valence-electron chi connectivity index (χ1n) is 6.38. The predicted octanol–water partition coefficient (Wildman–Crippen LogP) is -0.208. The van der Waals surface area contributed by atoms with Crippen molar-refractivity contribution in [2.24, 2.45) is 16.9 Å². The highest BCUT2D eigenvalue weighted by molar-refractivity contribution is 7.80. The maximum Gasteiger partial charge on any atom is 0.242 e. The van der Waals surface area contributed by atoms with Crippen LogP contribution in [0.15, 0.2) is 0 Å². The molecule has 7 heteroatoms. The van der Waals surface area contributed by atoms with Gasteiger partial charge in [0.1, 0.15) is 6.04 Å². The molecule has 0 spiro atoms. The fourth-order valence-electron chi connectivity index (χ4n) is 2.36. The van der Waals surface area contributed by atoms with Crippen molar-refractivity contribution in [3.05, 3.63) is 0 Å². The molecular formula is C12H21N3O3S. The fraction of sp³-hybridized carbons (Fsp3) is 0.750. The first-order chi connectivity index (χ1) is 8.90. The summed E-state index contributed by atoms with van der Waals surface area (Å²) in [5.74, 6) is -0.797. The van der Waals surface area contributed by atoms with Crippen LogP contribution in [0.4, 0.5) is 0 Å². The van der Waals surface area contributed by atoms with Crippen LogP contribution in [-0.2, 0) is 14.3 Å². The van der Waals surface area contributed by atoms with E-state index in [4.69, 9.17) is 28.4 Å². The lowest BCUT2D eigenvalue weighted by Crippen LogP contribution is -2.60. The van der Waals surface area contributed by atoms with Gasteiger partial charge >= 0.3 is 0 Å². The van der Waals surface area contributed by atoms with Crippen molar-refractivity contribution in [1.29, 1.82) is 0 Å². The number of rotatable bonds is 5. The largest absolute Gasteiger partial charge is 0.392 e. The average molecular weight is 287 g/mol. The quantitative estimate of drug-likeness (QED) is 0.682. The Morgan fingerprint density at radius 2 is 1.95 bits per heavy atom. The summed E-state index contributed by atoms with van der Waals surface area (Å²) in [5, 5.41) is 0. The van der Waals surface area contributed by atoms with E-state index in [1.165, 1.54) is 4.90 Å². The second-order valence-electron chi connectivity index (χ2n) is 4.65. The Labute approximate surface area is 118 Å². The molecule has 108 valence electrons. The van der Waals surface area contributed by atoms with Crippen LogP contribution in [0.2, 0.25) is 0 Å². The second kappa shape index (κ2) is 6.29. The van der Waals surface area contributed by atoms with Crippen molar-refractivity contribution in [3.8, 4) is 0 Å². The Morgan fingerprint density at radius 1 is 1.37 bits per heavy atom. The summed E-state index contributed by atoms with van der Waals surface area (Å²) < 4.78 is 5.21. The van der Waals surface area contributed by atoms with Crippen LogP contribution < -0.4 is 11.5 Å². The van der Waals surface area contributed by atoms with E-state index in [1.807, 2.05) is 13.8 Å². The van der Waals surface area contributed by atoms with Crippen LogP contribution >= 0.6 is 12.2 Å². The van der Waals surface area contributed by atoms with E-state index >= 15 is 0 Å². The van der Waals surface area contributed by atoms with Crippen molar-refractivity contribution >= 4 is 29.0 Å². The lowest BCUT2D eigenvalue weighted by atomic mass is 9.80. The number of primary amides is 1. The molecule has 4 N–H and O–H groups in total. The molecule has 0 bridgehead atoms. The summed E-state index contributed by atoms with van der Waals surface area (Å²) in [6, 6.07) is -0.743. The molecular weight excluding hydrogens is 266 g/mol. The fourth-order valence-corrected chi connectivity index (χ4v) is 2.74. The molecule has 0 saturated carbocycles. The normalized spacial score (nSPS) is 20.1. The summed E-state index contributed by atoms with van der Waals surface area (Å²) in [6.45, 7) is 4.57. The summed E-state index contributed by atoms with van der Waals surface area (Å²) >= 11 is 5.06. The van der Waals surface area contributed by atoms with E-state index < -0.39 is 17.4 Å². The van der Waals surface area contributed by atoms with Crippen molar-refractivity contribution in [3.63, 3.8) is 0 Å². The van der Waals surface area contributed by atoms with Crippen molar-refractivity contribution in [2.45, 2.75) is 32.7 Å². The minimum absolute atomic E-state index is 0.127. The Balaban J connectivity index is 3.07. The molecule has 1 unspecified atom stereocenters. The number of nitrogens with two attached hydrogens (primary N) is 2. The van der Waals surface area contributed by atoms with E-state index in [9.17, 15) is 9.59 Å². The number of thiocarbonyl (C=S) groups is 1. The van der Waals surface area contributed by atoms with Crippen molar-refractivity contribution in [2.75, 3.05) is 19.8 Å². The predicted molar refractivity (Wildman–Crippen MR) is 75.3 cm³/mol. The summed E-state index contributed by atoms with van der Waals surface area (Å²) in [4.78, 5) is 25.8. The third-order valence-corrected chi connectivity index (χ3v) is 4.20. The van der Waals surface area contributed by atoms with E-state index in [2.05, 4.69) is 0 Å². The molecule has 1 aliphatic heterocycles. The SMILES string of the molecule is CCC(CC)(C(=O)N1CCOCC1C(N)=O)C(N)=S. The van der Waals surface area contributed by atoms with E-state index in [0.29, 0.717) is 26.0 Å². The number of carbonyl (C=O) groups is 2. The molecule has 0 aliphatic carbocycles. The topological polar surface area (TPSA) is 98.6 Å². The lowest BCUT2D eigenvalue weighted by Gasteiger charge is -2.40. The van der Waals surface area contributed by atoms with Gasteiger partial charge in [0.25, 0.3) is 0 Å². The summed E-state index contributed by atoms with van der Waals surface area (Å²) in [7, 11) is 0. The number of nitrogens with zero attached hydrogens (tertiary/aromatic N) is 1. The van der Waals surface area contributed by atoms with Gasteiger partial charge in [-0.15, -0.1) is 0 Å². The Morgan fingerprint density at radius 3 is 2.37 bits per heavy atom. The molecule has 6 nitrogen and oxygen atoms in total. The molecule has 1 rings (SSSR count). The van der Waals surface area contributed by atoms with Gasteiger partial charge < -0.3 is 21.1 Å². The van der Waals surface area contributed by atoms with E-state index in [-0.39, 0.29) is 17.5 Å². The first-order valence-corrected chi connectivity index (χ1v) is 6.79. The van der Waals surface area contributed by atoms with Crippen LogP contribution in [0.1, 0.15) is 26.7 Å². The zero-order valence-electron chi connectivity index (χ0n) is 11.3. The Bertz CT molecular complexity index is 382. The average Bonchev–Trinajstić information content (AvgIpc) is 2.40. The first kappa shape index (κ1) is 15.8. The molecule has 0 aromatic heterocycles. The minimum atomic E-state index is -0.902. The van der Waals surface area contributed by atoms with E-state index in [0.717, 1.165) is 0 Å². The molecule has 1 saturated heterocycles. The van der Waals surface area contributed by atoms with Gasteiger partial charge in [0, 0.05) is 6.54 Å². The molecule has 0 aromatic rings. The summed E-state index contributed by atoms with van der Waals surface area (Å²) in [5.41, 5.74) is 10.2. The van der Waals surface area contributed by atoms with Crippen LogP contribution in [-0.4, -0.2) is 47.5 Å². The van der Waals surface area contributed by atoms with Crippen LogP contribution in [0.3, 0.4) is 0 Å². The van der Waals surface area contributed by atoms with Gasteiger partial charge in [0.15, 0.2) is 0 Å². The number of morpholine rings is 1. The van der Waals surface area contributed by atoms with E-state index in [1.54, 1.807) is 0 Å². The standard InChI is InChI=1S/C12H21N3O3S/c1-3-12(4-2,10(14)19)11(17)15-5-6-18-7-8(15)9(13)16/h8H,3-7H2,1-2H3,(H2,13,16)(H2,14,19). The molecule has 19 heavy (non-hydrogen) atoms. The number of amides is 2. The summed E-state index contributed by atoms with van der Waals surface area (Å²) in [6.07, 6.45) is 1.00. The van der Waals surface area contributed by atoms with Gasteiger partial charge in [0.2, 0.25) is 11.8 Å². The number of hydrogen-bond donors (Lipinski definition) is 2. The van der Waals surface area contributed by atoms with Gasteiger partial charge in [0.05, 0.1) is 23.6 Å².